The van der Waals surface area contributed by atoms with E-state index in [-0.39, 0.29) is 21.7 Å². The van der Waals surface area contributed by atoms with Gasteiger partial charge in [0, 0.05) is 32.7 Å². The Morgan fingerprint density at radius 2 is 0.817 bits per heavy atom. The molecule has 4 nitrogen and oxygen atoms in total. The first-order chi connectivity index (χ1) is 28.2. The van der Waals surface area contributed by atoms with Gasteiger partial charge in [0.2, 0.25) is 0 Å². The average molecular weight is 781 g/mol. The van der Waals surface area contributed by atoms with E-state index in [1.54, 1.807) is 0 Å². The van der Waals surface area contributed by atoms with Gasteiger partial charge in [0.1, 0.15) is 5.82 Å². The van der Waals surface area contributed by atoms with Gasteiger partial charge in [-0.2, -0.15) is 0 Å². The summed E-state index contributed by atoms with van der Waals surface area (Å²) < 4.78 is 2.44. The summed E-state index contributed by atoms with van der Waals surface area (Å²) in [5.74, 6) is -0.163. The quantitative estimate of drug-likeness (QED) is 0.141. The first-order valence-electron chi connectivity index (χ1n) is 21.8. The fourth-order valence-corrected chi connectivity index (χ4v) is 10.6. The van der Waals surface area contributed by atoms with Gasteiger partial charge in [-0.15, -0.1) is 0 Å². The Labute approximate surface area is 351 Å². The Balaban J connectivity index is 1.33. The maximum atomic E-state index is 6.06. The highest BCUT2D eigenvalue weighted by Crippen LogP contribution is 2.53. The Hall–Kier alpha value is -5.87. The SMILES string of the molecule is CC(C)(C)c1cc2ccc3cc(C(C)(C)C)cc4c5c(c(c1)c2c34)=NC1(N=5)c2ccccc2-c2nc3c4cc(C(C)(C)C)cc5ccc6cc(C(C)(C)C)cc(c6c54)c3n21. The summed E-state index contributed by atoms with van der Waals surface area (Å²) in [4.78, 5) is 17.9. The first-order valence-corrected chi connectivity index (χ1v) is 21.8. The number of aromatic nitrogens is 2. The molecule has 0 bridgehead atoms. The topological polar surface area (TPSA) is 42.5 Å². The van der Waals surface area contributed by atoms with E-state index in [4.69, 9.17) is 15.0 Å². The summed E-state index contributed by atoms with van der Waals surface area (Å²) in [6, 6.07) is 37.4. The Kier molecular flexibility index (Phi) is 6.54. The van der Waals surface area contributed by atoms with Crippen LogP contribution in [0, 0.1) is 0 Å². The molecule has 12 rings (SSSR count). The molecule has 2 aliphatic heterocycles. The molecular formula is C56H52N4. The number of imidazole rings is 1. The van der Waals surface area contributed by atoms with Crippen molar-refractivity contribution in [1.82, 2.24) is 9.55 Å². The highest BCUT2D eigenvalue weighted by molar-refractivity contribution is 6.33. The van der Waals surface area contributed by atoms with Crippen molar-refractivity contribution in [3.05, 3.63) is 136 Å². The molecule has 4 heteroatoms. The lowest BCUT2D eigenvalue weighted by Gasteiger charge is -2.26. The number of benzene rings is 9. The van der Waals surface area contributed by atoms with Crippen LogP contribution in [0.3, 0.4) is 0 Å². The largest absolute Gasteiger partial charge is 0.275 e. The van der Waals surface area contributed by atoms with Crippen LogP contribution < -0.4 is 10.7 Å². The van der Waals surface area contributed by atoms with Crippen LogP contribution in [0.25, 0.3) is 87.1 Å². The van der Waals surface area contributed by atoms with Crippen molar-refractivity contribution in [3.8, 4) is 11.4 Å². The Morgan fingerprint density at radius 3 is 1.27 bits per heavy atom. The second-order valence-corrected chi connectivity index (χ2v) is 22.2. The van der Waals surface area contributed by atoms with Gasteiger partial charge in [-0.25, -0.2) is 15.0 Å². The molecule has 9 aromatic carbocycles. The highest BCUT2D eigenvalue weighted by Gasteiger charge is 2.48. The minimum Gasteiger partial charge on any atom is -0.275 e. The molecule has 0 saturated heterocycles. The van der Waals surface area contributed by atoms with Gasteiger partial charge in [0.05, 0.1) is 21.7 Å². The molecule has 0 saturated carbocycles. The minimum absolute atomic E-state index is 0.0412. The third-order valence-electron chi connectivity index (χ3n) is 14.0. The van der Waals surface area contributed by atoms with Crippen molar-refractivity contribution in [2.24, 2.45) is 9.98 Å². The van der Waals surface area contributed by atoms with Crippen molar-refractivity contribution < 1.29 is 0 Å². The van der Waals surface area contributed by atoms with Crippen LogP contribution in [0.2, 0.25) is 0 Å². The van der Waals surface area contributed by atoms with Gasteiger partial charge in [0.15, 0.2) is 0 Å². The first kappa shape index (κ1) is 36.0. The van der Waals surface area contributed by atoms with Crippen molar-refractivity contribution in [2.45, 2.75) is 111 Å². The molecule has 0 fully saturated rings. The van der Waals surface area contributed by atoms with Crippen molar-refractivity contribution in [3.63, 3.8) is 0 Å². The van der Waals surface area contributed by atoms with Crippen LogP contribution in [-0.2, 0) is 27.4 Å². The standard InChI is InChI=1S/C56H52N4/c1-52(2,3)33-21-29-17-18-30-22-34(53(4,5)6)26-39-44(30)43(29)38(25-33)47-48(39)59-56(58-47)42-16-14-13-15-37(42)51-57-49-40-27-35(54(7,8)9)23-31-19-20-32-24-36(55(10,11)12)28-41(46(32)45(31)40)50(49)60(51)56/h13-28H,1-12H3. The van der Waals surface area contributed by atoms with Crippen LogP contribution >= 0.6 is 0 Å². The summed E-state index contributed by atoms with van der Waals surface area (Å²) >= 11 is 0. The molecular weight excluding hydrogens is 729 g/mol. The third kappa shape index (κ3) is 4.55. The highest BCUT2D eigenvalue weighted by atomic mass is 15.4. The summed E-state index contributed by atoms with van der Waals surface area (Å²) in [6.07, 6.45) is 0. The van der Waals surface area contributed by atoms with E-state index >= 15 is 0 Å². The molecule has 0 radical (unpaired) electrons. The molecule has 10 aromatic rings. The van der Waals surface area contributed by atoms with Gasteiger partial charge in [0.25, 0.3) is 5.79 Å². The van der Waals surface area contributed by atoms with Gasteiger partial charge in [-0.3, -0.25) is 4.57 Å². The lowest BCUT2D eigenvalue weighted by atomic mass is 9.81. The lowest BCUT2D eigenvalue weighted by Crippen LogP contribution is -2.26. The molecule has 0 aliphatic carbocycles. The van der Waals surface area contributed by atoms with Gasteiger partial charge in [-0.1, -0.05) is 156 Å². The van der Waals surface area contributed by atoms with Crippen LogP contribution in [0.15, 0.2) is 107 Å². The van der Waals surface area contributed by atoms with E-state index in [0.717, 1.165) is 38.7 Å². The Morgan fingerprint density at radius 1 is 0.433 bits per heavy atom. The molecule has 60 heavy (non-hydrogen) atoms. The molecule has 0 amide bonds. The number of rotatable bonds is 0. The zero-order valence-corrected chi connectivity index (χ0v) is 37.0. The van der Waals surface area contributed by atoms with E-state index in [1.165, 1.54) is 86.9 Å². The van der Waals surface area contributed by atoms with E-state index in [1.807, 2.05) is 0 Å². The second kappa shape index (κ2) is 10.9. The van der Waals surface area contributed by atoms with Gasteiger partial charge >= 0.3 is 0 Å². The molecule has 1 spiro atoms. The summed E-state index contributed by atoms with van der Waals surface area (Å²) in [7, 11) is 0. The fourth-order valence-electron chi connectivity index (χ4n) is 10.6. The van der Waals surface area contributed by atoms with E-state index in [2.05, 4.69) is 185 Å². The van der Waals surface area contributed by atoms with Crippen molar-refractivity contribution in [2.75, 3.05) is 0 Å². The Bertz CT molecular complexity index is 3570. The second-order valence-electron chi connectivity index (χ2n) is 22.2. The predicted molar refractivity (Wildman–Crippen MR) is 253 cm³/mol. The van der Waals surface area contributed by atoms with E-state index in [9.17, 15) is 0 Å². The summed E-state index contributed by atoms with van der Waals surface area (Å²) in [5, 5.41) is 16.9. The lowest BCUT2D eigenvalue weighted by molar-refractivity contribution is 0.423. The van der Waals surface area contributed by atoms with Crippen LogP contribution in [0.4, 0.5) is 0 Å². The number of hydrogen-bond acceptors (Lipinski definition) is 3. The molecule has 0 unspecified atom stereocenters. The van der Waals surface area contributed by atoms with Crippen molar-refractivity contribution >= 4 is 75.7 Å². The summed E-state index contributed by atoms with van der Waals surface area (Å²) in [5.41, 5.74) is 9.31. The zero-order valence-electron chi connectivity index (χ0n) is 37.0. The number of nitrogens with zero attached hydrogens (tertiary/aromatic N) is 4. The molecule has 3 heterocycles. The smallest absolute Gasteiger partial charge is 0.262 e. The average Bonchev–Trinajstić information content (AvgIpc) is 3.86. The van der Waals surface area contributed by atoms with Crippen LogP contribution in [0.5, 0.6) is 0 Å². The van der Waals surface area contributed by atoms with Crippen molar-refractivity contribution in [1.29, 1.82) is 0 Å². The fraction of sp³-hybridized carbons (Fsp3) is 0.304. The van der Waals surface area contributed by atoms with Crippen LogP contribution in [0.1, 0.15) is 111 Å². The monoisotopic (exact) mass is 780 g/mol. The number of hydrogen-bond donors (Lipinski definition) is 0. The third-order valence-corrected chi connectivity index (χ3v) is 14.0. The van der Waals surface area contributed by atoms with Gasteiger partial charge in [-0.05, 0) is 111 Å². The summed E-state index contributed by atoms with van der Waals surface area (Å²) in [6.45, 7) is 27.8. The van der Waals surface area contributed by atoms with Crippen LogP contribution in [-0.4, -0.2) is 9.55 Å². The number of fused-ring (bicyclic) bond motifs is 12. The molecule has 1 aromatic heterocycles. The maximum absolute atomic E-state index is 6.06. The molecule has 0 atom stereocenters. The zero-order chi connectivity index (χ0) is 41.8. The van der Waals surface area contributed by atoms with E-state index in [0.29, 0.717) is 0 Å². The maximum Gasteiger partial charge on any atom is 0.262 e. The van der Waals surface area contributed by atoms with E-state index < -0.39 is 5.79 Å². The predicted octanol–water partition coefficient (Wildman–Crippen LogP) is 13.6. The molecule has 0 N–H and O–H groups in total. The normalized spacial score (nSPS) is 15.4. The molecule has 2 aliphatic rings. The minimum atomic E-state index is -1.09. The van der Waals surface area contributed by atoms with Gasteiger partial charge < -0.3 is 0 Å². The molecule has 296 valence electrons.